The second-order valence-corrected chi connectivity index (χ2v) is 6.78. The monoisotopic (exact) mass is 372 g/mol. The van der Waals surface area contributed by atoms with E-state index in [1.807, 2.05) is 0 Å². The maximum atomic E-state index is 12.5. The molecule has 1 aromatic heterocycles. The topological polar surface area (TPSA) is 106 Å². The van der Waals surface area contributed by atoms with Crippen LogP contribution in [-0.4, -0.2) is 44.2 Å². The first-order chi connectivity index (χ1) is 13.0. The zero-order chi connectivity index (χ0) is 19.2. The van der Waals surface area contributed by atoms with E-state index >= 15 is 0 Å². The quantitative estimate of drug-likeness (QED) is 0.755. The zero-order valence-electron chi connectivity index (χ0n) is 15.3. The fraction of sp³-hybridized carbons (Fsp3) is 0.474. The lowest BCUT2D eigenvalue weighted by atomic mass is 10.1. The average Bonchev–Trinajstić information content (AvgIpc) is 3.02. The number of carbonyl (C=O) groups excluding carboxylic acids is 1. The highest BCUT2D eigenvalue weighted by Crippen LogP contribution is 2.21. The number of benzene rings is 1. The molecule has 1 heterocycles. The molecule has 1 unspecified atom stereocenters. The summed E-state index contributed by atoms with van der Waals surface area (Å²) >= 11 is 0. The molecule has 3 rings (SSSR count). The molecule has 144 valence electrons. The molecule has 0 spiro atoms. The Morgan fingerprint density at radius 1 is 1.26 bits per heavy atom. The van der Waals surface area contributed by atoms with Gasteiger partial charge in [-0.1, -0.05) is 37.0 Å². The Kier molecular flexibility index (Phi) is 6.18. The fourth-order valence-electron chi connectivity index (χ4n) is 3.19. The van der Waals surface area contributed by atoms with E-state index in [-0.39, 0.29) is 17.7 Å². The normalized spacial score (nSPS) is 16.5. The number of hydrogen-bond acceptors (Lipinski definition) is 5. The number of ether oxygens (including phenoxy) is 1. The van der Waals surface area contributed by atoms with Crippen LogP contribution in [0, 0.1) is 0 Å². The van der Waals surface area contributed by atoms with Crippen molar-refractivity contribution in [3.05, 3.63) is 36.2 Å². The molecule has 8 heteroatoms. The van der Waals surface area contributed by atoms with Crippen LogP contribution in [0.25, 0.3) is 5.69 Å². The summed E-state index contributed by atoms with van der Waals surface area (Å²) in [6.07, 6.45) is 7.70. The maximum absolute atomic E-state index is 12.5. The highest BCUT2D eigenvalue weighted by atomic mass is 16.5. The number of carboxylic acids is 1. The second kappa shape index (κ2) is 8.77. The van der Waals surface area contributed by atoms with Crippen molar-refractivity contribution < 1.29 is 19.4 Å². The van der Waals surface area contributed by atoms with Crippen molar-refractivity contribution in [2.45, 2.75) is 57.7 Å². The molecule has 0 saturated heterocycles. The molecular weight excluding hydrogens is 348 g/mol. The number of nitrogens with one attached hydrogen (secondary N) is 1. The van der Waals surface area contributed by atoms with Gasteiger partial charge in [0.25, 0.3) is 5.91 Å². The summed E-state index contributed by atoms with van der Waals surface area (Å²) in [5.41, 5.74) is 1.04. The molecule has 0 bridgehead atoms. The van der Waals surface area contributed by atoms with Gasteiger partial charge in [0, 0.05) is 5.69 Å². The van der Waals surface area contributed by atoms with E-state index in [0.29, 0.717) is 11.4 Å². The van der Waals surface area contributed by atoms with Crippen molar-refractivity contribution in [2.75, 3.05) is 5.32 Å². The number of anilines is 1. The molecule has 1 aromatic carbocycles. The van der Waals surface area contributed by atoms with Crippen molar-refractivity contribution in [3.63, 3.8) is 0 Å². The number of amides is 1. The highest BCUT2D eigenvalue weighted by molar-refractivity contribution is 5.94. The Morgan fingerprint density at radius 3 is 2.67 bits per heavy atom. The SMILES string of the molecule is CC(OC1CCCCCC1)C(=O)Nc1cccc(-n2cc(C(=O)O)nn2)c1. The standard InChI is InChI=1S/C19H24N4O4/c1-13(27-16-9-4-2-3-5-10-16)18(24)20-14-7-6-8-15(11-14)23-12-17(19(25)26)21-22-23/h6-8,11-13,16H,2-5,9-10H2,1H3,(H,20,24)(H,25,26). The van der Waals surface area contributed by atoms with Crippen molar-refractivity contribution in [1.82, 2.24) is 15.0 Å². The molecule has 0 radical (unpaired) electrons. The van der Waals surface area contributed by atoms with Gasteiger partial charge in [-0.2, -0.15) is 0 Å². The van der Waals surface area contributed by atoms with E-state index in [1.54, 1.807) is 31.2 Å². The minimum Gasteiger partial charge on any atom is -0.476 e. The highest BCUT2D eigenvalue weighted by Gasteiger charge is 2.20. The van der Waals surface area contributed by atoms with E-state index in [9.17, 15) is 9.59 Å². The van der Waals surface area contributed by atoms with Gasteiger partial charge in [0.2, 0.25) is 0 Å². The Morgan fingerprint density at radius 2 is 2.00 bits per heavy atom. The summed E-state index contributed by atoms with van der Waals surface area (Å²) < 4.78 is 7.30. The van der Waals surface area contributed by atoms with Gasteiger partial charge in [-0.25, -0.2) is 9.48 Å². The van der Waals surface area contributed by atoms with Crippen molar-refractivity contribution in [2.24, 2.45) is 0 Å². The first-order valence-corrected chi connectivity index (χ1v) is 9.25. The Balaban J connectivity index is 1.62. The first kappa shape index (κ1) is 19.0. The van der Waals surface area contributed by atoms with E-state index < -0.39 is 12.1 Å². The molecule has 2 N–H and O–H groups in total. The average molecular weight is 372 g/mol. The molecule has 8 nitrogen and oxygen atoms in total. The molecule has 2 aromatic rings. The van der Waals surface area contributed by atoms with Crippen molar-refractivity contribution in [1.29, 1.82) is 0 Å². The van der Waals surface area contributed by atoms with Crippen LogP contribution in [0.4, 0.5) is 5.69 Å². The molecule has 1 fully saturated rings. The number of carbonyl (C=O) groups is 2. The van der Waals surface area contributed by atoms with Crippen LogP contribution in [-0.2, 0) is 9.53 Å². The van der Waals surface area contributed by atoms with Crippen molar-refractivity contribution >= 4 is 17.6 Å². The Labute approximate surface area is 157 Å². The van der Waals surface area contributed by atoms with Crippen LogP contribution in [0.15, 0.2) is 30.5 Å². The minimum atomic E-state index is -1.14. The molecular formula is C19H24N4O4. The summed E-state index contributed by atoms with van der Waals surface area (Å²) in [4.78, 5) is 23.4. The molecule has 1 atom stereocenters. The van der Waals surface area contributed by atoms with Crippen LogP contribution < -0.4 is 5.32 Å². The van der Waals surface area contributed by atoms with E-state index in [0.717, 1.165) is 25.7 Å². The Bertz CT molecular complexity index is 797. The van der Waals surface area contributed by atoms with Crippen LogP contribution >= 0.6 is 0 Å². The number of nitrogens with zero attached hydrogens (tertiary/aromatic N) is 3. The predicted octanol–water partition coefficient (Wildman–Crippen LogP) is 3.03. The molecule has 1 aliphatic rings. The third-order valence-corrected chi connectivity index (χ3v) is 4.66. The number of aromatic carboxylic acids is 1. The molecule has 0 aliphatic heterocycles. The van der Waals surface area contributed by atoms with Gasteiger partial charge in [0.1, 0.15) is 6.10 Å². The van der Waals surface area contributed by atoms with E-state index in [2.05, 4.69) is 15.6 Å². The largest absolute Gasteiger partial charge is 0.476 e. The number of hydrogen-bond donors (Lipinski definition) is 2. The van der Waals surface area contributed by atoms with Gasteiger partial charge in [-0.3, -0.25) is 4.79 Å². The maximum Gasteiger partial charge on any atom is 0.358 e. The van der Waals surface area contributed by atoms with Gasteiger partial charge >= 0.3 is 5.97 Å². The predicted molar refractivity (Wildman–Crippen MR) is 99.0 cm³/mol. The Hall–Kier alpha value is -2.74. The van der Waals surface area contributed by atoms with Crippen LogP contribution in [0.3, 0.4) is 0 Å². The third kappa shape index (κ3) is 5.13. The minimum absolute atomic E-state index is 0.143. The van der Waals surface area contributed by atoms with E-state index in [4.69, 9.17) is 9.84 Å². The van der Waals surface area contributed by atoms with Gasteiger partial charge in [0.05, 0.1) is 18.0 Å². The van der Waals surface area contributed by atoms with Crippen LogP contribution in [0.1, 0.15) is 55.9 Å². The first-order valence-electron chi connectivity index (χ1n) is 9.25. The van der Waals surface area contributed by atoms with Crippen LogP contribution in [0.5, 0.6) is 0 Å². The van der Waals surface area contributed by atoms with Crippen LogP contribution in [0.2, 0.25) is 0 Å². The molecule has 1 amide bonds. The zero-order valence-corrected chi connectivity index (χ0v) is 15.3. The molecule has 1 aliphatic carbocycles. The summed E-state index contributed by atoms with van der Waals surface area (Å²) in [6, 6.07) is 6.97. The third-order valence-electron chi connectivity index (χ3n) is 4.66. The summed E-state index contributed by atoms with van der Waals surface area (Å²) in [5.74, 6) is -1.35. The molecule has 27 heavy (non-hydrogen) atoms. The van der Waals surface area contributed by atoms with Gasteiger partial charge in [-0.05, 0) is 38.0 Å². The van der Waals surface area contributed by atoms with Gasteiger partial charge in [0.15, 0.2) is 5.69 Å². The number of carboxylic acid groups (broad SMARTS) is 1. The lowest BCUT2D eigenvalue weighted by Crippen LogP contribution is -2.31. The lowest BCUT2D eigenvalue weighted by Gasteiger charge is -2.20. The number of aromatic nitrogens is 3. The lowest BCUT2D eigenvalue weighted by molar-refractivity contribution is -0.130. The second-order valence-electron chi connectivity index (χ2n) is 6.78. The number of rotatable bonds is 6. The summed E-state index contributed by atoms with van der Waals surface area (Å²) in [5, 5.41) is 19.2. The molecule has 1 saturated carbocycles. The summed E-state index contributed by atoms with van der Waals surface area (Å²) in [6.45, 7) is 1.76. The van der Waals surface area contributed by atoms with Crippen molar-refractivity contribution in [3.8, 4) is 5.69 Å². The van der Waals surface area contributed by atoms with E-state index in [1.165, 1.54) is 23.7 Å². The summed E-state index contributed by atoms with van der Waals surface area (Å²) in [7, 11) is 0. The smallest absolute Gasteiger partial charge is 0.358 e. The van der Waals surface area contributed by atoms with Gasteiger partial charge < -0.3 is 15.2 Å². The fourth-order valence-corrected chi connectivity index (χ4v) is 3.19. The van der Waals surface area contributed by atoms with Gasteiger partial charge in [-0.15, -0.1) is 5.10 Å².